The van der Waals surface area contributed by atoms with E-state index in [0.29, 0.717) is 17.1 Å². The van der Waals surface area contributed by atoms with E-state index in [1.165, 1.54) is 0 Å². The van der Waals surface area contributed by atoms with Crippen LogP contribution in [0.25, 0.3) is 0 Å². The fraction of sp³-hybridized carbons (Fsp3) is 0.667. The summed E-state index contributed by atoms with van der Waals surface area (Å²) in [5.74, 6) is 1.45. The molecule has 0 fully saturated rings. The van der Waals surface area contributed by atoms with Gasteiger partial charge >= 0.3 is 0 Å². The topological polar surface area (TPSA) is 37.8 Å². The standard InChI is InChI=1S/C12H20ClN3/c1-6-7(2)10(5)14-12-9(4)8(3)11(13)15-16-12/h7,10H,6H2,1-5H3,(H,14,16). The van der Waals surface area contributed by atoms with Crippen LogP contribution in [-0.2, 0) is 0 Å². The molecule has 0 aliphatic carbocycles. The number of hydrogen-bond acceptors (Lipinski definition) is 3. The molecule has 4 heteroatoms. The zero-order chi connectivity index (χ0) is 12.3. The lowest BCUT2D eigenvalue weighted by atomic mass is 10.0. The second kappa shape index (κ2) is 5.48. The molecule has 0 saturated heterocycles. The summed E-state index contributed by atoms with van der Waals surface area (Å²) in [7, 11) is 0. The lowest BCUT2D eigenvalue weighted by Crippen LogP contribution is -2.24. The highest BCUT2D eigenvalue weighted by molar-refractivity contribution is 6.30. The van der Waals surface area contributed by atoms with Crippen molar-refractivity contribution in [3.63, 3.8) is 0 Å². The van der Waals surface area contributed by atoms with Gasteiger partial charge in [0.25, 0.3) is 0 Å². The fourth-order valence-electron chi connectivity index (χ4n) is 1.42. The van der Waals surface area contributed by atoms with Crippen LogP contribution in [0.4, 0.5) is 5.82 Å². The van der Waals surface area contributed by atoms with E-state index < -0.39 is 0 Å². The summed E-state index contributed by atoms with van der Waals surface area (Å²) in [5.41, 5.74) is 2.07. The molecule has 0 radical (unpaired) electrons. The molecule has 0 bridgehead atoms. The third kappa shape index (κ3) is 2.85. The first-order valence-electron chi connectivity index (χ1n) is 5.73. The van der Waals surface area contributed by atoms with Crippen LogP contribution in [0.15, 0.2) is 0 Å². The third-order valence-corrected chi connectivity index (χ3v) is 3.69. The van der Waals surface area contributed by atoms with Crippen molar-refractivity contribution in [2.24, 2.45) is 5.92 Å². The van der Waals surface area contributed by atoms with Gasteiger partial charge < -0.3 is 5.32 Å². The predicted octanol–water partition coefficient (Wildman–Crippen LogP) is 3.59. The predicted molar refractivity (Wildman–Crippen MR) is 69.1 cm³/mol. The molecule has 0 saturated carbocycles. The van der Waals surface area contributed by atoms with Crippen LogP contribution in [0.5, 0.6) is 0 Å². The summed E-state index contributed by atoms with van der Waals surface area (Å²) in [4.78, 5) is 0. The molecule has 0 aromatic carbocycles. The van der Waals surface area contributed by atoms with Crippen LogP contribution in [0, 0.1) is 19.8 Å². The van der Waals surface area contributed by atoms with Crippen LogP contribution in [0.2, 0.25) is 5.15 Å². The van der Waals surface area contributed by atoms with Crippen molar-refractivity contribution in [2.75, 3.05) is 5.32 Å². The number of hydrogen-bond donors (Lipinski definition) is 1. The highest BCUT2D eigenvalue weighted by Crippen LogP contribution is 2.22. The summed E-state index contributed by atoms with van der Waals surface area (Å²) in [6, 6.07) is 0.388. The number of nitrogens with zero attached hydrogens (tertiary/aromatic N) is 2. The molecule has 3 nitrogen and oxygen atoms in total. The molecule has 1 aromatic rings. The summed E-state index contributed by atoms with van der Waals surface area (Å²) in [6.07, 6.45) is 1.15. The normalized spacial score (nSPS) is 14.6. The maximum absolute atomic E-state index is 5.91. The largest absolute Gasteiger partial charge is 0.366 e. The first kappa shape index (κ1) is 13.2. The van der Waals surface area contributed by atoms with E-state index in [2.05, 4.69) is 36.3 Å². The Balaban J connectivity index is 2.86. The molecule has 0 aliphatic heterocycles. The van der Waals surface area contributed by atoms with Crippen LogP contribution in [0.1, 0.15) is 38.3 Å². The van der Waals surface area contributed by atoms with Crippen LogP contribution in [-0.4, -0.2) is 16.2 Å². The Morgan fingerprint density at radius 1 is 1.19 bits per heavy atom. The zero-order valence-corrected chi connectivity index (χ0v) is 11.4. The van der Waals surface area contributed by atoms with Crippen molar-refractivity contribution in [2.45, 2.75) is 47.1 Å². The van der Waals surface area contributed by atoms with Crippen molar-refractivity contribution < 1.29 is 0 Å². The van der Waals surface area contributed by atoms with Crippen LogP contribution >= 0.6 is 11.6 Å². The summed E-state index contributed by atoms with van der Waals surface area (Å²) >= 11 is 5.91. The van der Waals surface area contributed by atoms with Crippen molar-refractivity contribution in [1.29, 1.82) is 0 Å². The highest BCUT2D eigenvalue weighted by Gasteiger charge is 2.14. The lowest BCUT2D eigenvalue weighted by Gasteiger charge is -2.21. The molecule has 16 heavy (non-hydrogen) atoms. The molecule has 1 heterocycles. The Labute approximate surface area is 103 Å². The number of rotatable bonds is 4. The average molecular weight is 242 g/mol. The quantitative estimate of drug-likeness (QED) is 0.876. The molecule has 90 valence electrons. The molecule has 2 unspecified atom stereocenters. The van der Waals surface area contributed by atoms with Gasteiger partial charge in [0.05, 0.1) is 0 Å². The van der Waals surface area contributed by atoms with E-state index in [1.54, 1.807) is 0 Å². The molecule has 1 rings (SSSR count). The average Bonchev–Trinajstić information content (AvgIpc) is 2.28. The molecule has 0 amide bonds. The Morgan fingerprint density at radius 2 is 1.81 bits per heavy atom. The van der Waals surface area contributed by atoms with Gasteiger partial charge in [-0.3, -0.25) is 0 Å². The van der Waals surface area contributed by atoms with Gasteiger partial charge in [0, 0.05) is 6.04 Å². The first-order chi connectivity index (χ1) is 7.47. The van der Waals surface area contributed by atoms with E-state index in [9.17, 15) is 0 Å². The van der Waals surface area contributed by atoms with Gasteiger partial charge in [-0.2, -0.15) is 0 Å². The third-order valence-electron chi connectivity index (χ3n) is 3.33. The Hall–Kier alpha value is -0.830. The monoisotopic (exact) mass is 241 g/mol. The molecule has 2 atom stereocenters. The first-order valence-corrected chi connectivity index (χ1v) is 6.11. The highest BCUT2D eigenvalue weighted by atomic mass is 35.5. The Bertz CT molecular complexity index is 366. The molecule has 0 spiro atoms. The fourth-order valence-corrected chi connectivity index (χ4v) is 1.60. The van der Waals surface area contributed by atoms with Gasteiger partial charge in [-0.05, 0) is 37.8 Å². The van der Waals surface area contributed by atoms with Gasteiger partial charge in [-0.25, -0.2) is 0 Å². The van der Waals surface area contributed by atoms with E-state index in [4.69, 9.17) is 11.6 Å². The SMILES string of the molecule is CCC(C)C(C)Nc1nnc(Cl)c(C)c1C. The molecule has 1 N–H and O–H groups in total. The maximum atomic E-state index is 5.91. The molecule has 1 aromatic heterocycles. The van der Waals surface area contributed by atoms with Crippen LogP contribution in [0.3, 0.4) is 0 Å². The summed E-state index contributed by atoms with van der Waals surface area (Å²) in [6.45, 7) is 10.6. The summed E-state index contributed by atoms with van der Waals surface area (Å²) < 4.78 is 0. The van der Waals surface area contributed by atoms with E-state index in [-0.39, 0.29) is 0 Å². The number of nitrogens with one attached hydrogen (secondary N) is 1. The Kier molecular flexibility index (Phi) is 4.54. The van der Waals surface area contributed by atoms with Crippen molar-refractivity contribution >= 4 is 17.4 Å². The Morgan fingerprint density at radius 3 is 2.38 bits per heavy atom. The minimum absolute atomic E-state index is 0.388. The van der Waals surface area contributed by atoms with Gasteiger partial charge in [0.15, 0.2) is 11.0 Å². The smallest absolute Gasteiger partial charge is 0.155 e. The van der Waals surface area contributed by atoms with Gasteiger partial charge in [0.1, 0.15) is 0 Å². The van der Waals surface area contributed by atoms with Gasteiger partial charge in [-0.15, -0.1) is 10.2 Å². The molecule has 0 aliphatic rings. The van der Waals surface area contributed by atoms with E-state index in [0.717, 1.165) is 23.4 Å². The minimum atomic E-state index is 0.388. The molecular weight excluding hydrogens is 222 g/mol. The van der Waals surface area contributed by atoms with Crippen molar-refractivity contribution in [3.05, 3.63) is 16.3 Å². The van der Waals surface area contributed by atoms with E-state index >= 15 is 0 Å². The second-order valence-corrected chi connectivity index (χ2v) is 4.77. The van der Waals surface area contributed by atoms with Crippen LogP contribution < -0.4 is 5.32 Å². The summed E-state index contributed by atoms with van der Waals surface area (Å²) in [5, 5.41) is 11.9. The number of anilines is 1. The molecular formula is C12H20ClN3. The lowest BCUT2D eigenvalue weighted by molar-refractivity contribution is 0.493. The maximum Gasteiger partial charge on any atom is 0.155 e. The van der Waals surface area contributed by atoms with Gasteiger partial charge in [0.2, 0.25) is 0 Å². The minimum Gasteiger partial charge on any atom is -0.366 e. The number of aromatic nitrogens is 2. The van der Waals surface area contributed by atoms with Crippen molar-refractivity contribution in [1.82, 2.24) is 10.2 Å². The number of halogens is 1. The zero-order valence-electron chi connectivity index (χ0n) is 10.6. The second-order valence-electron chi connectivity index (χ2n) is 4.41. The van der Waals surface area contributed by atoms with Crippen molar-refractivity contribution in [3.8, 4) is 0 Å². The van der Waals surface area contributed by atoms with Gasteiger partial charge in [-0.1, -0.05) is 31.9 Å². The van der Waals surface area contributed by atoms with E-state index in [1.807, 2.05) is 13.8 Å².